The van der Waals surface area contributed by atoms with E-state index in [-0.39, 0.29) is 5.56 Å². The standard InChI is InChI=1S/C11H13N3O/c1-8-11(15)14(7-6-12)10-5-3-2-4-9(10)13-8/h2-5H,6-7,12H2,1H3. The van der Waals surface area contributed by atoms with Gasteiger partial charge in [0.2, 0.25) is 0 Å². The van der Waals surface area contributed by atoms with Gasteiger partial charge in [0.25, 0.3) is 5.56 Å². The predicted octanol–water partition coefficient (Wildman–Crippen LogP) is 0.664. The molecule has 0 saturated heterocycles. The van der Waals surface area contributed by atoms with Crippen LogP contribution in [0, 0.1) is 6.92 Å². The van der Waals surface area contributed by atoms with E-state index in [1.165, 1.54) is 0 Å². The average molecular weight is 203 g/mol. The first-order chi connectivity index (χ1) is 7.24. The molecule has 4 nitrogen and oxygen atoms in total. The number of aromatic nitrogens is 2. The van der Waals surface area contributed by atoms with Gasteiger partial charge in [0, 0.05) is 13.1 Å². The third kappa shape index (κ3) is 1.64. The molecule has 0 aliphatic carbocycles. The second-order valence-corrected chi connectivity index (χ2v) is 3.43. The Balaban J connectivity index is 2.83. The molecule has 0 spiro atoms. The monoisotopic (exact) mass is 203 g/mol. The van der Waals surface area contributed by atoms with Crippen LogP contribution in [-0.4, -0.2) is 16.1 Å². The van der Waals surface area contributed by atoms with E-state index in [9.17, 15) is 4.79 Å². The molecule has 0 radical (unpaired) electrons. The van der Waals surface area contributed by atoms with E-state index >= 15 is 0 Å². The van der Waals surface area contributed by atoms with Crippen molar-refractivity contribution in [2.45, 2.75) is 13.5 Å². The summed E-state index contributed by atoms with van der Waals surface area (Å²) in [4.78, 5) is 16.1. The van der Waals surface area contributed by atoms with E-state index in [1.807, 2.05) is 24.3 Å². The van der Waals surface area contributed by atoms with Crippen LogP contribution in [0.5, 0.6) is 0 Å². The number of nitrogens with zero attached hydrogens (tertiary/aromatic N) is 2. The second kappa shape index (κ2) is 3.82. The number of aryl methyl sites for hydroxylation is 1. The summed E-state index contributed by atoms with van der Waals surface area (Å²) in [7, 11) is 0. The lowest BCUT2D eigenvalue weighted by Gasteiger charge is -2.09. The molecule has 0 bridgehead atoms. The summed E-state index contributed by atoms with van der Waals surface area (Å²) in [6.45, 7) is 2.71. The van der Waals surface area contributed by atoms with Crippen LogP contribution in [0.15, 0.2) is 29.1 Å². The van der Waals surface area contributed by atoms with E-state index in [0.717, 1.165) is 11.0 Å². The number of hydrogen-bond acceptors (Lipinski definition) is 3. The Bertz CT molecular complexity index is 545. The maximum atomic E-state index is 11.8. The molecule has 1 aromatic carbocycles. The molecule has 0 aliphatic rings. The average Bonchev–Trinajstić information content (AvgIpc) is 2.25. The van der Waals surface area contributed by atoms with Gasteiger partial charge in [-0.1, -0.05) is 12.1 Å². The maximum Gasteiger partial charge on any atom is 0.272 e. The van der Waals surface area contributed by atoms with Crippen LogP contribution in [0.3, 0.4) is 0 Å². The van der Waals surface area contributed by atoms with Crippen molar-refractivity contribution >= 4 is 11.0 Å². The number of para-hydroxylation sites is 2. The molecule has 1 aromatic heterocycles. The highest BCUT2D eigenvalue weighted by Gasteiger charge is 2.05. The molecule has 78 valence electrons. The van der Waals surface area contributed by atoms with Crippen LogP contribution in [0.2, 0.25) is 0 Å². The van der Waals surface area contributed by atoms with Crippen LogP contribution >= 0.6 is 0 Å². The Hall–Kier alpha value is -1.68. The van der Waals surface area contributed by atoms with Crippen LogP contribution in [0.4, 0.5) is 0 Å². The van der Waals surface area contributed by atoms with Gasteiger partial charge in [0.15, 0.2) is 0 Å². The molecule has 2 aromatic rings. The molecule has 2 N–H and O–H groups in total. The highest BCUT2D eigenvalue weighted by atomic mass is 16.1. The smallest absolute Gasteiger partial charge is 0.272 e. The van der Waals surface area contributed by atoms with Gasteiger partial charge in [-0.25, -0.2) is 4.98 Å². The summed E-state index contributed by atoms with van der Waals surface area (Å²) < 4.78 is 1.68. The number of hydrogen-bond donors (Lipinski definition) is 1. The van der Waals surface area contributed by atoms with E-state index in [4.69, 9.17) is 5.73 Å². The Morgan fingerprint density at radius 1 is 1.40 bits per heavy atom. The molecule has 4 heteroatoms. The van der Waals surface area contributed by atoms with Gasteiger partial charge in [-0.2, -0.15) is 0 Å². The first-order valence-electron chi connectivity index (χ1n) is 4.90. The highest BCUT2D eigenvalue weighted by Crippen LogP contribution is 2.08. The number of benzene rings is 1. The molecular formula is C11H13N3O. The van der Waals surface area contributed by atoms with E-state index < -0.39 is 0 Å². The van der Waals surface area contributed by atoms with Crippen molar-refractivity contribution in [2.75, 3.05) is 6.54 Å². The largest absolute Gasteiger partial charge is 0.329 e. The Labute approximate surface area is 87.4 Å². The Morgan fingerprint density at radius 2 is 2.13 bits per heavy atom. The minimum atomic E-state index is -0.0563. The van der Waals surface area contributed by atoms with Gasteiger partial charge in [0.05, 0.1) is 11.0 Å². The van der Waals surface area contributed by atoms with E-state index in [1.54, 1.807) is 11.5 Å². The molecule has 0 fully saturated rings. The SMILES string of the molecule is Cc1nc2ccccc2n(CCN)c1=O. The third-order valence-electron chi connectivity index (χ3n) is 2.37. The van der Waals surface area contributed by atoms with Gasteiger partial charge in [-0.05, 0) is 19.1 Å². The van der Waals surface area contributed by atoms with Gasteiger partial charge in [0.1, 0.15) is 5.69 Å². The summed E-state index contributed by atoms with van der Waals surface area (Å²) in [5.74, 6) is 0. The molecule has 0 amide bonds. The van der Waals surface area contributed by atoms with Gasteiger partial charge in [-0.3, -0.25) is 4.79 Å². The number of fused-ring (bicyclic) bond motifs is 1. The van der Waals surface area contributed by atoms with Crippen molar-refractivity contribution in [2.24, 2.45) is 5.73 Å². The quantitative estimate of drug-likeness (QED) is 0.780. The molecular weight excluding hydrogens is 190 g/mol. The van der Waals surface area contributed by atoms with E-state index in [2.05, 4.69) is 4.98 Å². The van der Waals surface area contributed by atoms with Crippen molar-refractivity contribution < 1.29 is 0 Å². The maximum absolute atomic E-state index is 11.8. The predicted molar refractivity (Wildman–Crippen MR) is 59.8 cm³/mol. The summed E-state index contributed by atoms with van der Waals surface area (Å²) in [6.07, 6.45) is 0. The molecule has 0 atom stereocenters. The lowest BCUT2D eigenvalue weighted by molar-refractivity contribution is 0.697. The Kier molecular flexibility index (Phi) is 2.51. The zero-order valence-corrected chi connectivity index (χ0v) is 8.60. The minimum Gasteiger partial charge on any atom is -0.329 e. The lowest BCUT2D eigenvalue weighted by atomic mass is 10.3. The zero-order valence-electron chi connectivity index (χ0n) is 8.60. The topological polar surface area (TPSA) is 60.9 Å². The van der Waals surface area contributed by atoms with Crippen molar-refractivity contribution in [3.63, 3.8) is 0 Å². The normalized spacial score (nSPS) is 10.8. The Morgan fingerprint density at radius 3 is 2.87 bits per heavy atom. The molecule has 0 saturated carbocycles. The fourth-order valence-electron chi connectivity index (χ4n) is 1.67. The zero-order chi connectivity index (χ0) is 10.8. The van der Waals surface area contributed by atoms with Crippen molar-refractivity contribution in [3.05, 3.63) is 40.3 Å². The lowest BCUT2D eigenvalue weighted by Crippen LogP contribution is -2.27. The van der Waals surface area contributed by atoms with Crippen LogP contribution in [-0.2, 0) is 6.54 Å². The number of rotatable bonds is 2. The first kappa shape index (κ1) is 9.86. The molecule has 2 rings (SSSR count). The minimum absolute atomic E-state index is 0.0563. The van der Waals surface area contributed by atoms with E-state index in [0.29, 0.717) is 18.8 Å². The summed E-state index contributed by atoms with van der Waals surface area (Å²) in [5, 5.41) is 0. The summed E-state index contributed by atoms with van der Waals surface area (Å²) in [5.41, 5.74) is 7.63. The third-order valence-corrected chi connectivity index (χ3v) is 2.37. The van der Waals surface area contributed by atoms with Gasteiger partial charge < -0.3 is 10.3 Å². The molecule has 15 heavy (non-hydrogen) atoms. The summed E-state index contributed by atoms with van der Waals surface area (Å²) >= 11 is 0. The second-order valence-electron chi connectivity index (χ2n) is 3.43. The van der Waals surface area contributed by atoms with Crippen LogP contribution in [0.25, 0.3) is 11.0 Å². The van der Waals surface area contributed by atoms with Gasteiger partial charge in [-0.15, -0.1) is 0 Å². The fourth-order valence-corrected chi connectivity index (χ4v) is 1.67. The highest BCUT2D eigenvalue weighted by molar-refractivity contribution is 5.74. The van der Waals surface area contributed by atoms with Crippen molar-refractivity contribution in [1.29, 1.82) is 0 Å². The molecule has 0 unspecified atom stereocenters. The van der Waals surface area contributed by atoms with Crippen molar-refractivity contribution in [1.82, 2.24) is 9.55 Å². The van der Waals surface area contributed by atoms with Gasteiger partial charge >= 0.3 is 0 Å². The van der Waals surface area contributed by atoms with Crippen LogP contribution < -0.4 is 11.3 Å². The summed E-state index contributed by atoms with van der Waals surface area (Å²) in [6, 6.07) is 7.59. The fraction of sp³-hybridized carbons (Fsp3) is 0.273. The number of nitrogens with two attached hydrogens (primary N) is 1. The van der Waals surface area contributed by atoms with Crippen LogP contribution in [0.1, 0.15) is 5.69 Å². The first-order valence-corrected chi connectivity index (χ1v) is 4.90. The molecule has 1 heterocycles. The van der Waals surface area contributed by atoms with Crippen molar-refractivity contribution in [3.8, 4) is 0 Å². The molecule has 0 aliphatic heterocycles.